The van der Waals surface area contributed by atoms with Gasteiger partial charge >= 0.3 is 5.69 Å². The highest BCUT2D eigenvalue weighted by Gasteiger charge is 2.36. The lowest BCUT2D eigenvalue weighted by Crippen LogP contribution is -2.27. The molecule has 1 fully saturated rings. The van der Waals surface area contributed by atoms with Gasteiger partial charge in [-0.05, 0) is 47.7 Å². The Morgan fingerprint density at radius 2 is 2.00 bits per heavy atom. The molecule has 1 aliphatic rings. The van der Waals surface area contributed by atoms with Gasteiger partial charge in [0.05, 0.1) is 22.6 Å². The van der Waals surface area contributed by atoms with Crippen LogP contribution < -0.4 is 9.64 Å². The van der Waals surface area contributed by atoms with Crippen molar-refractivity contribution in [2.45, 2.75) is 0 Å². The number of hydrogen-bond donors (Lipinski definition) is 0. The minimum absolute atomic E-state index is 0.110. The number of amides is 2. The average Bonchev–Trinajstić information content (AvgIpc) is 2.88. The van der Waals surface area contributed by atoms with E-state index in [0.29, 0.717) is 16.3 Å². The van der Waals surface area contributed by atoms with Crippen molar-refractivity contribution in [2.24, 2.45) is 0 Å². The molecule has 132 valence electrons. The third-order valence-electron chi connectivity index (χ3n) is 3.56. The van der Waals surface area contributed by atoms with E-state index in [-0.39, 0.29) is 16.3 Å². The van der Waals surface area contributed by atoms with Crippen LogP contribution in [0.5, 0.6) is 5.75 Å². The Balaban J connectivity index is 1.96. The summed E-state index contributed by atoms with van der Waals surface area (Å²) in [5.74, 6) is -0.403. The van der Waals surface area contributed by atoms with Crippen molar-refractivity contribution in [3.8, 4) is 5.75 Å². The molecule has 0 N–H and O–H groups in total. The number of hydrogen-bond acceptors (Lipinski definition) is 6. The van der Waals surface area contributed by atoms with Crippen molar-refractivity contribution < 1.29 is 19.2 Å². The first-order chi connectivity index (χ1) is 12.4. The maximum Gasteiger partial charge on any atom is 0.311 e. The van der Waals surface area contributed by atoms with Crippen LogP contribution in [-0.2, 0) is 4.79 Å². The Kier molecular flexibility index (Phi) is 4.97. The first-order valence-corrected chi connectivity index (χ1v) is 8.46. The van der Waals surface area contributed by atoms with Crippen LogP contribution in [0, 0.1) is 10.1 Å². The lowest BCUT2D eigenvalue weighted by Gasteiger charge is -2.12. The molecule has 1 heterocycles. The molecule has 0 spiro atoms. The van der Waals surface area contributed by atoms with E-state index in [1.54, 1.807) is 24.3 Å². The van der Waals surface area contributed by atoms with Crippen LogP contribution in [0.4, 0.5) is 16.2 Å². The number of ether oxygens (including phenoxy) is 1. The number of nitrogens with zero attached hydrogens (tertiary/aromatic N) is 2. The van der Waals surface area contributed by atoms with E-state index in [4.69, 9.17) is 16.3 Å². The summed E-state index contributed by atoms with van der Waals surface area (Å²) >= 11 is 6.67. The molecule has 26 heavy (non-hydrogen) atoms. The van der Waals surface area contributed by atoms with Crippen LogP contribution >= 0.6 is 23.4 Å². The predicted octanol–water partition coefficient (Wildman–Crippen LogP) is 4.50. The third kappa shape index (κ3) is 3.42. The van der Waals surface area contributed by atoms with Gasteiger partial charge in [0, 0.05) is 11.1 Å². The number of rotatable bonds is 4. The van der Waals surface area contributed by atoms with Crippen molar-refractivity contribution in [1.82, 2.24) is 0 Å². The van der Waals surface area contributed by atoms with Crippen molar-refractivity contribution in [1.29, 1.82) is 0 Å². The fraction of sp³-hybridized carbons (Fsp3) is 0.0588. The van der Waals surface area contributed by atoms with Crippen molar-refractivity contribution in [3.63, 3.8) is 0 Å². The lowest BCUT2D eigenvalue weighted by atomic mass is 10.1. The number of nitro groups is 1. The minimum Gasteiger partial charge on any atom is -0.490 e. The average molecular weight is 391 g/mol. The van der Waals surface area contributed by atoms with Gasteiger partial charge in [-0.15, -0.1) is 0 Å². The molecule has 0 radical (unpaired) electrons. The zero-order valence-electron chi connectivity index (χ0n) is 13.3. The fourth-order valence-electron chi connectivity index (χ4n) is 2.40. The highest BCUT2D eigenvalue weighted by molar-refractivity contribution is 8.19. The summed E-state index contributed by atoms with van der Waals surface area (Å²) in [5, 5.41) is 11.0. The zero-order chi connectivity index (χ0) is 18.8. The smallest absolute Gasteiger partial charge is 0.311 e. The second kappa shape index (κ2) is 7.19. The molecule has 0 saturated carbocycles. The second-order valence-electron chi connectivity index (χ2n) is 5.19. The molecule has 9 heteroatoms. The molecule has 0 aromatic heterocycles. The Morgan fingerprint density at radius 1 is 1.23 bits per heavy atom. The maximum absolute atomic E-state index is 12.6. The van der Waals surface area contributed by atoms with Gasteiger partial charge in [0.25, 0.3) is 11.1 Å². The van der Waals surface area contributed by atoms with Gasteiger partial charge in [-0.25, -0.2) is 4.90 Å². The molecule has 1 aliphatic heterocycles. The van der Waals surface area contributed by atoms with Crippen LogP contribution in [-0.4, -0.2) is 23.2 Å². The lowest BCUT2D eigenvalue weighted by molar-refractivity contribution is -0.385. The summed E-state index contributed by atoms with van der Waals surface area (Å²) in [5.41, 5.74) is 0.550. The standard InChI is InChI=1S/C17H11ClN2O5S/c1-25-14-6-5-10(7-13(14)20(23)24)8-15-16(21)19(17(22)26-15)12-4-2-3-11(18)9-12/h2-9H,1H3. The number of anilines is 1. The number of methoxy groups -OCH3 is 1. The van der Waals surface area contributed by atoms with E-state index in [1.165, 1.54) is 31.4 Å². The molecule has 0 unspecified atom stereocenters. The van der Waals surface area contributed by atoms with Crippen molar-refractivity contribution >= 4 is 52.0 Å². The quantitative estimate of drug-likeness (QED) is 0.434. The molecule has 0 atom stereocenters. The molecule has 1 saturated heterocycles. The molecule has 3 rings (SSSR count). The molecule has 2 aromatic carbocycles. The first-order valence-electron chi connectivity index (χ1n) is 7.26. The predicted molar refractivity (Wildman–Crippen MR) is 99.6 cm³/mol. The molecule has 2 amide bonds. The van der Waals surface area contributed by atoms with Crippen LogP contribution in [0.15, 0.2) is 47.4 Å². The van der Waals surface area contributed by atoms with E-state index in [9.17, 15) is 19.7 Å². The normalized spacial score (nSPS) is 15.6. The maximum atomic E-state index is 12.6. The van der Waals surface area contributed by atoms with Crippen molar-refractivity contribution in [2.75, 3.05) is 12.0 Å². The minimum atomic E-state index is -0.576. The van der Waals surface area contributed by atoms with E-state index < -0.39 is 16.1 Å². The molecule has 0 aliphatic carbocycles. The number of benzene rings is 2. The van der Waals surface area contributed by atoms with E-state index >= 15 is 0 Å². The number of nitro benzene ring substituents is 1. The van der Waals surface area contributed by atoms with Gasteiger partial charge in [0.2, 0.25) is 0 Å². The van der Waals surface area contributed by atoms with Gasteiger partial charge in [-0.2, -0.15) is 0 Å². The number of halogens is 1. The summed E-state index contributed by atoms with van der Waals surface area (Å²) < 4.78 is 4.95. The Labute approximate surface area is 157 Å². The molecule has 7 nitrogen and oxygen atoms in total. The summed E-state index contributed by atoms with van der Waals surface area (Å²) in [7, 11) is 1.33. The highest BCUT2D eigenvalue weighted by Crippen LogP contribution is 2.37. The summed E-state index contributed by atoms with van der Waals surface area (Å²) in [6.07, 6.45) is 1.43. The third-order valence-corrected chi connectivity index (χ3v) is 4.66. The topological polar surface area (TPSA) is 89.8 Å². The summed E-state index contributed by atoms with van der Waals surface area (Å²) in [6, 6.07) is 10.7. The van der Waals surface area contributed by atoms with Gasteiger partial charge in [0.1, 0.15) is 0 Å². The van der Waals surface area contributed by atoms with Gasteiger partial charge < -0.3 is 4.74 Å². The van der Waals surface area contributed by atoms with Crippen LogP contribution in [0.2, 0.25) is 5.02 Å². The van der Waals surface area contributed by atoms with Crippen LogP contribution in [0.25, 0.3) is 6.08 Å². The highest BCUT2D eigenvalue weighted by atomic mass is 35.5. The summed E-state index contributed by atoms with van der Waals surface area (Å²) in [4.78, 5) is 36.5. The Morgan fingerprint density at radius 3 is 2.65 bits per heavy atom. The second-order valence-corrected chi connectivity index (χ2v) is 6.62. The van der Waals surface area contributed by atoms with Crippen LogP contribution in [0.1, 0.15) is 5.56 Å². The van der Waals surface area contributed by atoms with Gasteiger partial charge in [-0.1, -0.05) is 23.7 Å². The number of thioether (sulfide) groups is 1. The zero-order valence-corrected chi connectivity index (χ0v) is 14.9. The largest absolute Gasteiger partial charge is 0.490 e. The van der Waals surface area contributed by atoms with E-state index in [0.717, 1.165) is 16.7 Å². The molecule has 2 aromatic rings. The van der Waals surface area contributed by atoms with Crippen molar-refractivity contribution in [3.05, 3.63) is 68.1 Å². The van der Waals surface area contributed by atoms with E-state index in [2.05, 4.69) is 0 Å². The monoisotopic (exact) mass is 390 g/mol. The van der Waals surface area contributed by atoms with Gasteiger partial charge in [0.15, 0.2) is 5.75 Å². The molecular weight excluding hydrogens is 380 g/mol. The molecular formula is C17H11ClN2O5S. The Bertz CT molecular complexity index is 960. The van der Waals surface area contributed by atoms with Gasteiger partial charge in [-0.3, -0.25) is 19.7 Å². The summed E-state index contributed by atoms with van der Waals surface area (Å²) in [6.45, 7) is 0. The number of carbonyl (C=O) groups excluding carboxylic acids is 2. The van der Waals surface area contributed by atoms with Crippen LogP contribution in [0.3, 0.4) is 0 Å². The molecule has 0 bridgehead atoms. The number of imide groups is 1. The fourth-order valence-corrected chi connectivity index (χ4v) is 3.42. The number of carbonyl (C=O) groups is 2. The Hall–Kier alpha value is -2.84. The van der Waals surface area contributed by atoms with E-state index in [1.807, 2.05) is 0 Å². The SMILES string of the molecule is COc1ccc(C=C2SC(=O)N(c3cccc(Cl)c3)C2=O)cc1[N+](=O)[O-]. The first kappa shape index (κ1) is 18.0.